The maximum Gasteiger partial charge on any atom is 0.335 e. The summed E-state index contributed by atoms with van der Waals surface area (Å²) < 4.78 is 6.30. The van der Waals surface area contributed by atoms with E-state index in [9.17, 15) is 9.59 Å². The molecule has 0 aliphatic rings. The minimum Gasteiger partial charge on any atom is -0.483 e. The molecule has 6 nitrogen and oxygen atoms in total. The minimum absolute atomic E-state index is 0.175. The number of carboxylic acids is 1. The second kappa shape index (κ2) is 8.47. The summed E-state index contributed by atoms with van der Waals surface area (Å²) >= 11 is 3.40. The van der Waals surface area contributed by atoms with Crippen LogP contribution in [-0.4, -0.2) is 23.6 Å². The van der Waals surface area contributed by atoms with Gasteiger partial charge in [-0.15, -0.1) is 0 Å². The number of hydrogen-bond donors (Lipinski definition) is 3. The van der Waals surface area contributed by atoms with Crippen molar-refractivity contribution < 1.29 is 19.4 Å². The first-order valence-electron chi connectivity index (χ1n) is 7.18. The van der Waals surface area contributed by atoms with Crippen LogP contribution in [-0.2, 0) is 17.9 Å². The van der Waals surface area contributed by atoms with Gasteiger partial charge in [-0.2, -0.15) is 0 Å². The molecule has 0 fully saturated rings. The number of ether oxygens (including phenoxy) is 1. The molecule has 0 unspecified atom stereocenters. The molecular formula is C17H17BrN2O4. The highest BCUT2D eigenvalue weighted by atomic mass is 79.9. The third-order valence-corrected chi connectivity index (χ3v) is 3.73. The molecule has 0 aliphatic carbocycles. The molecule has 4 N–H and O–H groups in total. The molecular weight excluding hydrogens is 376 g/mol. The van der Waals surface area contributed by atoms with E-state index >= 15 is 0 Å². The summed E-state index contributed by atoms with van der Waals surface area (Å²) in [5.74, 6) is -0.888. The largest absolute Gasteiger partial charge is 0.483 e. The fraction of sp³-hybridized carbons (Fsp3) is 0.176. The van der Waals surface area contributed by atoms with E-state index in [-0.39, 0.29) is 12.2 Å². The monoisotopic (exact) mass is 392 g/mol. The predicted octanol–water partition coefficient (Wildman–Crippen LogP) is 2.30. The molecule has 0 spiro atoms. The zero-order chi connectivity index (χ0) is 17.5. The van der Waals surface area contributed by atoms with Gasteiger partial charge in [0.25, 0.3) is 5.91 Å². The fourth-order valence-electron chi connectivity index (χ4n) is 2.08. The van der Waals surface area contributed by atoms with Crippen LogP contribution in [0.1, 0.15) is 21.5 Å². The predicted molar refractivity (Wildman–Crippen MR) is 92.8 cm³/mol. The van der Waals surface area contributed by atoms with Gasteiger partial charge in [-0.05, 0) is 35.9 Å². The van der Waals surface area contributed by atoms with E-state index in [4.69, 9.17) is 15.6 Å². The molecule has 0 saturated carbocycles. The number of halogens is 1. The average molecular weight is 393 g/mol. The number of carboxylic acid groups (broad SMARTS) is 1. The molecule has 0 saturated heterocycles. The summed E-state index contributed by atoms with van der Waals surface area (Å²) in [6.07, 6.45) is 0. The maximum atomic E-state index is 10.9. The molecule has 2 rings (SSSR count). The first-order chi connectivity index (χ1) is 11.5. The molecule has 2 aromatic rings. The van der Waals surface area contributed by atoms with E-state index in [1.807, 2.05) is 12.1 Å². The van der Waals surface area contributed by atoms with Crippen LogP contribution < -0.4 is 15.8 Å². The summed E-state index contributed by atoms with van der Waals surface area (Å²) in [6.45, 7) is 0.918. The second-order valence-electron chi connectivity index (χ2n) is 5.11. The number of aromatic carboxylic acids is 1. The summed E-state index contributed by atoms with van der Waals surface area (Å²) in [6, 6.07) is 12.2. The number of hydrogen-bond acceptors (Lipinski definition) is 4. The molecule has 126 valence electrons. The number of carbonyl (C=O) groups excluding carboxylic acids is 1. The maximum absolute atomic E-state index is 10.9. The van der Waals surface area contributed by atoms with Gasteiger partial charge in [0.15, 0.2) is 6.61 Å². The Balaban J connectivity index is 1.96. The van der Waals surface area contributed by atoms with Crippen molar-refractivity contribution >= 4 is 27.8 Å². The SMILES string of the molecule is NC(=O)COc1ccc(Br)cc1CNCc1ccc(C(=O)O)cc1. The van der Waals surface area contributed by atoms with E-state index in [1.165, 1.54) is 0 Å². The average Bonchev–Trinajstić information content (AvgIpc) is 2.54. The molecule has 0 atom stereocenters. The number of rotatable bonds is 8. The third-order valence-electron chi connectivity index (χ3n) is 3.24. The zero-order valence-corrected chi connectivity index (χ0v) is 14.4. The van der Waals surface area contributed by atoms with E-state index < -0.39 is 11.9 Å². The van der Waals surface area contributed by atoms with Crippen LogP contribution >= 0.6 is 15.9 Å². The number of nitrogens with one attached hydrogen (secondary N) is 1. The Morgan fingerprint density at radius 2 is 1.83 bits per heavy atom. The Morgan fingerprint density at radius 3 is 2.46 bits per heavy atom. The molecule has 2 aromatic carbocycles. The topological polar surface area (TPSA) is 102 Å². The van der Waals surface area contributed by atoms with Crippen LogP contribution in [0.15, 0.2) is 46.9 Å². The number of primary amides is 1. The van der Waals surface area contributed by atoms with Crippen LogP contribution in [0.5, 0.6) is 5.75 Å². The van der Waals surface area contributed by atoms with Crippen molar-refractivity contribution in [3.05, 3.63) is 63.6 Å². The quantitative estimate of drug-likeness (QED) is 0.639. The first kappa shape index (κ1) is 18.0. The highest BCUT2D eigenvalue weighted by molar-refractivity contribution is 9.10. The molecule has 24 heavy (non-hydrogen) atoms. The van der Waals surface area contributed by atoms with E-state index in [0.717, 1.165) is 15.6 Å². The van der Waals surface area contributed by atoms with Gasteiger partial charge in [0.2, 0.25) is 0 Å². The number of nitrogens with two attached hydrogens (primary N) is 1. The van der Waals surface area contributed by atoms with Crippen molar-refractivity contribution in [2.45, 2.75) is 13.1 Å². The van der Waals surface area contributed by atoms with Crippen molar-refractivity contribution in [2.75, 3.05) is 6.61 Å². The lowest BCUT2D eigenvalue weighted by atomic mass is 10.1. The molecule has 7 heteroatoms. The lowest BCUT2D eigenvalue weighted by Gasteiger charge is -2.12. The van der Waals surface area contributed by atoms with Gasteiger partial charge in [0, 0.05) is 23.1 Å². The Morgan fingerprint density at radius 1 is 1.12 bits per heavy atom. The van der Waals surface area contributed by atoms with Gasteiger partial charge < -0.3 is 20.9 Å². The lowest BCUT2D eigenvalue weighted by molar-refractivity contribution is -0.119. The van der Waals surface area contributed by atoms with Gasteiger partial charge in [-0.25, -0.2) is 4.79 Å². The van der Waals surface area contributed by atoms with Crippen LogP contribution in [0, 0.1) is 0 Å². The van der Waals surface area contributed by atoms with Crippen molar-refractivity contribution in [1.82, 2.24) is 5.32 Å². The second-order valence-corrected chi connectivity index (χ2v) is 6.03. The number of carbonyl (C=O) groups is 2. The molecule has 1 amide bonds. The normalized spacial score (nSPS) is 10.4. The summed E-state index contributed by atoms with van der Waals surface area (Å²) in [7, 11) is 0. The smallest absolute Gasteiger partial charge is 0.335 e. The first-order valence-corrected chi connectivity index (χ1v) is 7.97. The summed E-state index contributed by atoms with van der Waals surface area (Å²) in [5.41, 5.74) is 7.21. The van der Waals surface area contributed by atoms with Gasteiger partial charge >= 0.3 is 5.97 Å². The highest BCUT2D eigenvalue weighted by Gasteiger charge is 2.07. The van der Waals surface area contributed by atoms with Crippen molar-refractivity contribution in [2.24, 2.45) is 5.73 Å². The highest BCUT2D eigenvalue weighted by Crippen LogP contribution is 2.23. The Hall–Kier alpha value is -2.38. The van der Waals surface area contributed by atoms with Crippen molar-refractivity contribution in [1.29, 1.82) is 0 Å². The van der Waals surface area contributed by atoms with Crippen LogP contribution in [0.2, 0.25) is 0 Å². The lowest BCUT2D eigenvalue weighted by Crippen LogP contribution is -2.21. The molecule has 0 bridgehead atoms. The molecule has 0 radical (unpaired) electrons. The van der Waals surface area contributed by atoms with Gasteiger partial charge in [-0.1, -0.05) is 28.1 Å². The zero-order valence-electron chi connectivity index (χ0n) is 12.8. The minimum atomic E-state index is -0.945. The van der Waals surface area contributed by atoms with Gasteiger partial charge in [0.1, 0.15) is 5.75 Å². The van der Waals surface area contributed by atoms with Gasteiger partial charge in [0.05, 0.1) is 5.56 Å². The van der Waals surface area contributed by atoms with Crippen LogP contribution in [0.3, 0.4) is 0 Å². The molecule has 0 aliphatic heterocycles. The van der Waals surface area contributed by atoms with E-state index in [0.29, 0.717) is 18.8 Å². The molecule has 0 aromatic heterocycles. The fourth-order valence-corrected chi connectivity index (χ4v) is 2.49. The summed E-state index contributed by atoms with van der Waals surface area (Å²) in [4.78, 5) is 21.7. The van der Waals surface area contributed by atoms with Crippen molar-refractivity contribution in [3.63, 3.8) is 0 Å². The van der Waals surface area contributed by atoms with Crippen LogP contribution in [0.25, 0.3) is 0 Å². The van der Waals surface area contributed by atoms with Gasteiger partial charge in [-0.3, -0.25) is 4.79 Å². The summed E-state index contributed by atoms with van der Waals surface area (Å²) in [5, 5.41) is 12.1. The number of benzene rings is 2. The Bertz CT molecular complexity index is 732. The van der Waals surface area contributed by atoms with Crippen molar-refractivity contribution in [3.8, 4) is 5.75 Å². The Labute approximate surface area is 147 Å². The van der Waals surface area contributed by atoms with Crippen LogP contribution in [0.4, 0.5) is 0 Å². The Kier molecular flexibility index (Phi) is 6.34. The molecule has 0 heterocycles. The van der Waals surface area contributed by atoms with E-state index in [1.54, 1.807) is 30.3 Å². The number of amides is 1. The third kappa shape index (κ3) is 5.36. The van der Waals surface area contributed by atoms with E-state index in [2.05, 4.69) is 21.2 Å². The standard InChI is InChI=1S/C17H17BrN2O4/c18-14-5-6-15(24-10-16(19)21)13(7-14)9-20-8-11-1-3-12(4-2-11)17(22)23/h1-7,20H,8-10H2,(H2,19,21)(H,22,23).